The summed E-state index contributed by atoms with van der Waals surface area (Å²) >= 11 is 5.98. The average Bonchev–Trinajstić information content (AvgIpc) is 2.54. The number of rotatable bonds is 3. The van der Waals surface area contributed by atoms with Crippen LogP contribution in [-0.4, -0.2) is 4.98 Å². The van der Waals surface area contributed by atoms with Gasteiger partial charge in [0.25, 0.3) is 5.56 Å². The van der Waals surface area contributed by atoms with Crippen LogP contribution in [0.4, 0.5) is 5.69 Å². The van der Waals surface area contributed by atoms with Gasteiger partial charge in [0.1, 0.15) is 0 Å². The van der Waals surface area contributed by atoms with Crippen LogP contribution in [-0.2, 0) is 6.54 Å². The van der Waals surface area contributed by atoms with Crippen molar-refractivity contribution in [3.63, 3.8) is 0 Å². The Labute approximate surface area is 132 Å². The van der Waals surface area contributed by atoms with E-state index in [4.69, 9.17) is 16.9 Å². The van der Waals surface area contributed by atoms with Gasteiger partial charge in [-0.25, -0.2) is 0 Å². The molecule has 5 heteroatoms. The lowest BCUT2D eigenvalue weighted by atomic mass is 10.1. The highest BCUT2D eigenvalue weighted by atomic mass is 35.5. The average molecular weight is 310 g/mol. The summed E-state index contributed by atoms with van der Waals surface area (Å²) in [6, 6.07) is 16.3. The number of aromatic nitrogens is 1. The Hall–Kier alpha value is -2.77. The maximum absolute atomic E-state index is 12.1. The predicted molar refractivity (Wildman–Crippen MR) is 88.1 cm³/mol. The van der Waals surface area contributed by atoms with Gasteiger partial charge in [-0.2, -0.15) is 5.26 Å². The molecule has 3 aromatic rings. The highest BCUT2D eigenvalue weighted by Crippen LogP contribution is 2.17. The molecule has 22 heavy (non-hydrogen) atoms. The van der Waals surface area contributed by atoms with E-state index in [1.807, 2.05) is 24.3 Å². The molecule has 0 unspecified atom stereocenters. The number of benzene rings is 2. The Morgan fingerprint density at radius 1 is 1.14 bits per heavy atom. The molecule has 0 saturated carbocycles. The van der Waals surface area contributed by atoms with Crippen LogP contribution in [0.5, 0.6) is 0 Å². The second-order valence-electron chi connectivity index (χ2n) is 4.90. The summed E-state index contributed by atoms with van der Waals surface area (Å²) in [6.45, 7) is 0.393. The van der Waals surface area contributed by atoms with Crippen LogP contribution in [0.15, 0.2) is 53.3 Å². The number of halogens is 1. The molecule has 3 rings (SSSR count). The minimum absolute atomic E-state index is 0.129. The molecular formula is C17H12ClN3O. The highest BCUT2D eigenvalue weighted by Gasteiger charge is 2.04. The van der Waals surface area contributed by atoms with Crippen molar-refractivity contribution < 1.29 is 0 Å². The predicted octanol–water partition coefficient (Wildman–Crippen LogP) is 3.67. The lowest BCUT2D eigenvalue weighted by molar-refractivity contribution is 1.09. The molecule has 2 N–H and O–H groups in total. The van der Waals surface area contributed by atoms with Crippen molar-refractivity contribution in [3.05, 3.63) is 75.0 Å². The summed E-state index contributed by atoms with van der Waals surface area (Å²) in [5.41, 5.74) is 2.71. The summed E-state index contributed by atoms with van der Waals surface area (Å²) in [7, 11) is 0. The van der Waals surface area contributed by atoms with E-state index >= 15 is 0 Å². The molecule has 1 aromatic heterocycles. The van der Waals surface area contributed by atoms with Crippen molar-refractivity contribution in [3.8, 4) is 6.07 Å². The molecule has 0 aliphatic heterocycles. The fourth-order valence-electron chi connectivity index (χ4n) is 2.21. The minimum Gasteiger partial charge on any atom is -0.381 e. The molecule has 108 valence electrons. The first-order valence-electron chi connectivity index (χ1n) is 6.71. The summed E-state index contributed by atoms with van der Waals surface area (Å²) < 4.78 is 0. The Kier molecular flexibility index (Phi) is 3.82. The number of H-pyrrole nitrogens is 1. The third-order valence-electron chi connectivity index (χ3n) is 3.38. The first kappa shape index (κ1) is 14.2. The number of hydrogen-bond acceptors (Lipinski definition) is 3. The standard InChI is InChI=1S/C17H12ClN3O/c18-14-3-6-16-12(8-14)7-13(17(22)21-16)10-20-15-4-1-11(9-19)2-5-15/h1-8,20H,10H2,(H,21,22). The first-order chi connectivity index (χ1) is 10.7. The van der Waals surface area contributed by atoms with Crippen LogP contribution in [0.3, 0.4) is 0 Å². The van der Waals surface area contributed by atoms with E-state index in [2.05, 4.69) is 16.4 Å². The van der Waals surface area contributed by atoms with Crippen LogP contribution in [0.2, 0.25) is 5.02 Å². The molecule has 0 aliphatic rings. The molecule has 0 bridgehead atoms. The fraction of sp³-hybridized carbons (Fsp3) is 0.0588. The third-order valence-corrected chi connectivity index (χ3v) is 3.62. The molecule has 0 fully saturated rings. The van der Waals surface area contributed by atoms with Crippen LogP contribution >= 0.6 is 11.6 Å². The van der Waals surface area contributed by atoms with E-state index in [0.717, 1.165) is 16.6 Å². The van der Waals surface area contributed by atoms with E-state index in [1.54, 1.807) is 24.3 Å². The zero-order chi connectivity index (χ0) is 15.5. The van der Waals surface area contributed by atoms with Crippen molar-refractivity contribution in [2.24, 2.45) is 0 Å². The summed E-state index contributed by atoms with van der Waals surface area (Å²) in [4.78, 5) is 14.9. The van der Waals surface area contributed by atoms with Crippen molar-refractivity contribution >= 4 is 28.2 Å². The van der Waals surface area contributed by atoms with Gasteiger partial charge < -0.3 is 10.3 Å². The smallest absolute Gasteiger partial charge is 0.253 e. The topological polar surface area (TPSA) is 68.7 Å². The van der Waals surface area contributed by atoms with E-state index in [1.165, 1.54) is 0 Å². The van der Waals surface area contributed by atoms with Gasteiger partial charge in [0, 0.05) is 33.7 Å². The number of pyridine rings is 1. The number of nitrogens with one attached hydrogen (secondary N) is 2. The maximum atomic E-state index is 12.1. The van der Waals surface area contributed by atoms with Gasteiger partial charge in [0.05, 0.1) is 11.6 Å². The summed E-state index contributed by atoms with van der Waals surface area (Å²) in [5, 5.41) is 13.5. The molecule has 2 aromatic carbocycles. The SMILES string of the molecule is N#Cc1ccc(NCc2cc3cc(Cl)ccc3[nH]c2=O)cc1. The zero-order valence-electron chi connectivity index (χ0n) is 11.6. The lowest BCUT2D eigenvalue weighted by Gasteiger charge is -2.07. The number of hydrogen-bond donors (Lipinski definition) is 2. The Bertz CT molecular complexity index is 923. The van der Waals surface area contributed by atoms with E-state index < -0.39 is 0 Å². The first-order valence-corrected chi connectivity index (χ1v) is 7.09. The van der Waals surface area contributed by atoms with Crippen molar-refractivity contribution in [1.82, 2.24) is 4.98 Å². The van der Waals surface area contributed by atoms with Gasteiger partial charge >= 0.3 is 0 Å². The summed E-state index contributed by atoms with van der Waals surface area (Å²) in [5.74, 6) is 0. The molecular weight excluding hydrogens is 298 g/mol. The van der Waals surface area contributed by atoms with Gasteiger partial charge in [-0.1, -0.05) is 11.6 Å². The van der Waals surface area contributed by atoms with Crippen molar-refractivity contribution in [2.45, 2.75) is 6.54 Å². The van der Waals surface area contributed by atoms with Gasteiger partial charge in [0.2, 0.25) is 0 Å². The second kappa shape index (κ2) is 5.92. The quantitative estimate of drug-likeness (QED) is 0.775. The van der Waals surface area contributed by atoms with Crippen LogP contribution in [0.25, 0.3) is 10.9 Å². The van der Waals surface area contributed by atoms with E-state index in [9.17, 15) is 4.79 Å². The van der Waals surface area contributed by atoms with Crippen LogP contribution < -0.4 is 10.9 Å². The number of anilines is 1. The molecule has 0 atom stereocenters. The Morgan fingerprint density at radius 2 is 1.91 bits per heavy atom. The fourth-order valence-corrected chi connectivity index (χ4v) is 2.39. The number of nitriles is 1. The molecule has 4 nitrogen and oxygen atoms in total. The van der Waals surface area contributed by atoms with E-state index in [0.29, 0.717) is 22.7 Å². The molecule has 0 spiro atoms. The van der Waals surface area contributed by atoms with Gasteiger partial charge in [-0.05, 0) is 48.5 Å². The normalized spacial score (nSPS) is 10.4. The minimum atomic E-state index is -0.129. The molecule has 0 radical (unpaired) electrons. The molecule has 1 heterocycles. The molecule has 0 amide bonds. The molecule has 0 saturated heterocycles. The Morgan fingerprint density at radius 3 is 2.64 bits per heavy atom. The lowest BCUT2D eigenvalue weighted by Crippen LogP contribution is -2.15. The van der Waals surface area contributed by atoms with Crippen molar-refractivity contribution in [2.75, 3.05) is 5.32 Å². The number of aromatic amines is 1. The zero-order valence-corrected chi connectivity index (χ0v) is 12.3. The maximum Gasteiger partial charge on any atom is 0.253 e. The van der Waals surface area contributed by atoms with Gasteiger partial charge in [-0.15, -0.1) is 0 Å². The summed E-state index contributed by atoms with van der Waals surface area (Å²) in [6.07, 6.45) is 0. The monoisotopic (exact) mass is 309 g/mol. The van der Waals surface area contributed by atoms with E-state index in [-0.39, 0.29) is 5.56 Å². The van der Waals surface area contributed by atoms with Crippen molar-refractivity contribution in [1.29, 1.82) is 5.26 Å². The number of nitrogens with zero attached hydrogens (tertiary/aromatic N) is 1. The second-order valence-corrected chi connectivity index (χ2v) is 5.33. The Balaban J connectivity index is 1.85. The number of fused-ring (bicyclic) bond motifs is 1. The largest absolute Gasteiger partial charge is 0.381 e. The highest BCUT2D eigenvalue weighted by molar-refractivity contribution is 6.31. The molecule has 0 aliphatic carbocycles. The third kappa shape index (κ3) is 2.95. The van der Waals surface area contributed by atoms with Crippen LogP contribution in [0, 0.1) is 11.3 Å². The van der Waals surface area contributed by atoms with Gasteiger partial charge in [0.15, 0.2) is 0 Å². The van der Waals surface area contributed by atoms with Crippen LogP contribution in [0.1, 0.15) is 11.1 Å². The van der Waals surface area contributed by atoms with Gasteiger partial charge in [-0.3, -0.25) is 4.79 Å².